The molecule has 0 radical (unpaired) electrons. The van der Waals surface area contributed by atoms with E-state index < -0.39 is 0 Å². The maximum Gasteiger partial charge on any atom is 0.231 e. The average Bonchev–Trinajstić information content (AvgIpc) is 3.47. The molecule has 0 bridgehead atoms. The number of benzene rings is 5. The first-order chi connectivity index (χ1) is 22.3. The van der Waals surface area contributed by atoms with Gasteiger partial charge < -0.3 is 9.52 Å². The van der Waals surface area contributed by atoms with E-state index in [9.17, 15) is 5.11 Å². The Balaban J connectivity index is 1.47. The fraction of sp³-hybridized carbons (Fsp3) is 0.209. The molecule has 0 unspecified atom stereocenters. The molecule has 234 valence electrons. The molecule has 0 saturated carbocycles. The molecule has 0 atom stereocenters. The van der Waals surface area contributed by atoms with Crippen LogP contribution in [0.2, 0.25) is 0 Å². The van der Waals surface area contributed by atoms with Crippen LogP contribution < -0.4 is 0 Å². The molecule has 0 aliphatic rings. The fourth-order valence-corrected chi connectivity index (χ4v) is 6.29. The van der Waals surface area contributed by atoms with Crippen molar-refractivity contribution in [2.24, 2.45) is 0 Å². The molecule has 2 heterocycles. The van der Waals surface area contributed by atoms with Gasteiger partial charge in [-0.3, -0.25) is 4.98 Å². The van der Waals surface area contributed by atoms with Gasteiger partial charge in [-0.1, -0.05) is 96.1 Å². The number of hydrogen-bond acceptors (Lipinski definition) is 4. The maximum atomic E-state index is 10.7. The molecule has 0 amide bonds. The number of aromatic hydroxyl groups is 1. The van der Waals surface area contributed by atoms with Crippen molar-refractivity contribution in [3.05, 3.63) is 126 Å². The van der Waals surface area contributed by atoms with Crippen LogP contribution >= 0.6 is 0 Å². The van der Waals surface area contributed by atoms with Gasteiger partial charge in [0.1, 0.15) is 11.3 Å². The first kappa shape index (κ1) is 30.4. The summed E-state index contributed by atoms with van der Waals surface area (Å²) in [7, 11) is 0. The Hall–Kier alpha value is -5.22. The van der Waals surface area contributed by atoms with Crippen LogP contribution in [0.5, 0.6) is 5.75 Å². The van der Waals surface area contributed by atoms with Crippen LogP contribution in [-0.4, -0.2) is 15.1 Å². The molecular formula is C43H40N2O2. The standard InChI is InChI=1S/C43H40N2O2/c1-26-19-30(21-31(20-26)36-25-33(43(5,6)7)22-28-11-10-18-44-39(28)36)35-23-29(27-14-16-32(17-15-27)42(2,3)4)24-38-40(35)45-41(47-38)34-12-8-9-13-37(34)46/h8-25,46H,1-7H3. The van der Waals surface area contributed by atoms with E-state index in [1.54, 1.807) is 12.1 Å². The van der Waals surface area contributed by atoms with Gasteiger partial charge in [0.2, 0.25) is 5.89 Å². The third-order valence-corrected chi connectivity index (χ3v) is 8.98. The predicted octanol–water partition coefficient (Wildman–Crippen LogP) is 11.7. The van der Waals surface area contributed by atoms with Crippen molar-refractivity contribution < 1.29 is 9.52 Å². The molecule has 0 fully saturated rings. The van der Waals surface area contributed by atoms with Crippen LogP contribution in [0.4, 0.5) is 0 Å². The molecule has 4 nitrogen and oxygen atoms in total. The lowest BCUT2D eigenvalue weighted by Gasteiger charge is -2.21. The highest BCUT2D eigenvalue weighted by molar-refractivity contribution is 5.99. The Morgan fingerprint density at radius 3 is 1.94 bits per heavy atom. The normalized spacial score (nSPS) is 12.2. The second-order valence-electron chi connectivity index (χ2n) is 14.7. The number of oxazole rings is 1. The minimum Gasteiger partial charge on any atom is -0.507 e. The SMILES string of the molecule is Cc1cc(-c2cc(C(C)(C)C)cc3cccnc23)cc(-c2cc(-c3ccc(C(C)(C)C)cc3)cc3oc(-c4ccccc4O)nc23)c1. The van der Waals surface area contributed by atoms with Crippen LogP contribution in [0.3, 0.4) is 0 Å². The van der Waals surface area contributed by atoms with Crippen molar-refractivity contribution in [1.29, 1.82) is 0 Å². The average molecular weight is 617 g/mol. The van der Waals surface area contributed by atoms with Gasteiger partial charge in [-0.05, 0) is 105 Å². The second kappa shape index (κ2) is 11.2. The summed E-state index contributed by atoms with van der Waals surface area (Å²) in [6.07, 6.45) is 1.87. The van der Waals surface area contributed by atoms with E-state index in [1.165, 1.54) is 11.1 Å². The van der Waals surface area contributed by atoms with Gasteiger partial charge in [0.15, 0.2) is 5.58 Å². The Bertz CT molecular complexity index is 2280. The number of fused-ring (bicyclic) bond motifs is 2. The maximum absolute atomic E-state index is 10.7. The summed E-state index contributed by atoms with van der Waals surface area (Å²) in [5.74, 6) is 0.523. The summed E-state index contributed by atoms with van der Waals surface area (Å²) < 4.78 is 6.41. The van der Waals surface area contributed by atoms with Crippen molar-refractivity contribution in [2.45, 2.75) is 59.3 Å². The lowest BCUT2D eigenvalue weighted by molar-refractivity contribution is 0.474. The zero-order valence-electron chi connectivity index (χ0n) is 28.1. The zero-order valence-corrected chi connectivity index (χ0v) is 28.1. The van der Waals surface area contributed by atoms with E-state index in [0.717, 1.165) is 55.4 Å². The summed E-state index contributed by atoms with van der Waals surface area (Å²) in [5.41, 5.74) is 13.1. The Morgan fingerprint density at radius 1 is 0.574 bits per heavy atom. The van der Waals surface area contributed by atoms with E-state index in [2.05, 4.69) is 121 Å². The van der Waals surface area contributed by atoms with Gasteiger partial charge in [0.25, 0.3) is 0 Å². The van der Waals surface area contributed by atoms with Gasteiger partial charge in [-0.2, -0.15) is 0 Å². The first-order valence-corrected chi connectivity index (χ1v) is 16.2. The highest BCUT2D eigenvalue weighted by Crippen LogP contribution is 2.41. The van der Waals surface area contributed by atoms with Crippen molar-refractivity contribution in [1.82, 2.24) is 9.97 Å². The predicted molar refractivity (Wildman–Crippen MR) is 195 cm³/mol. The fourth-order valence-electron chi connectivity index (χ4n) is 6.29. The molecule has 1 N–H and O–H groups in total. The van der Waals surface area contributed by atoms with E-state index in [4.69, 9.17) is 14.4 Å². The summed E-state index contributed by atoms with van der Waals surface area (Å²) in [5, 5.41) is 11.8. The summed E-state index contributed by atoms with van der Waals surface area (Å²) >= 11 is 0. The number of aromatic nitrogens is 2. The summed E-state index contributed by atoms with van der Waals surface area (Å²) in [4.78, 5) is 9.83. The van der Waals surface area contributed by atoms with Crippen molar-refractivity contribution in [3.8, 4) is 50.6 Å². The van der Waals surface area contributed by atoms with Crippen LogP contribution in [0.1, 0.15) is 58.2 Å². The monoisotopic (exact) mass is 616 g/mol. The Labute approximate surface area is 276 Å². The number of phenolic OH excluding ortho intramolecular Hbond substituents is 1. The highest BCUT2D eigenvalue weighted by atomic mass is 16.3. The molecule has 0 aliphatic carbocycles. The number of phenols is 1. The van der Waals surface area contributed by atoms with E-state index in [1.807, 2.05) is 24.4 Å². The molecule has 0 spiro atoms. The van der Waals surface area contributed by atoms with Crippen LogP contribution in [0.15, 0.2) is 114 Å². The third-order valence-electron chi connectivity index (χ3n) is 8.98. The number of pyridine rings is 1. The van der Waals surface area contributed by atoms with Crippen LogP contribution in [0.25, 0.3) is 66.8 Å². The molecule has 4 heteroatoms. The summed E-state index contributed by atoms with van der Waals surface area (Å²) in [6, 6.07) is 35.6. The van der Waals surface area contributed by atoms with Gasteiger partial charge in [0.05, 0.1) is 11.1 Å². The molecule has 0 aliphatic heterocycles. The van der Waals surface area contributed by atoms with Crippen LogP contribution in [-0.2, 0) is 10.8 Å². The van der Waals surface area contributed by atoms with E-state index in [0.29, 0.717) is 17.0 Å². The summed E-state index contributed by atoms with van der Waals surface area (Å²) in [6.45, 7) is 15.6. The first-order valence-electron chi connectivity index (χ1n) is 16.2. The Kier molecular flexibility index (Phi) is 7.28. The number of nitrogens with zero attached hydrogens (tertiary/aromatic N) is 2. The molecular weight excluding hydrogens is 576 g/mol. The minimum atomic E-state index is -0.0193. The van der Waals surface area contributed by atoms with Gasteiger partial charge in [0, 0.05) is 22.7 Å². The number of aryl methyl sites for hydroxylation is 1. The lowest BCUT2D eigenvalue weighted by Crippen LogP contribution is -2.11. The van der Waals surface area contributed by atoms with Crippen molar-refractivity contribution in [3.63, 3.8) is 0 Å². The van der Waals surface area contributed by atoms with Gasteiger partial charge in [-0.15, -0.1) is 0 Å². The van der Waals surface area contributed by atoms with E-state index in [-0.39, 0.29) is 16.6 Å². The molecule has 47 heavy (non-hydrogen) atoms. The second-order valence-corrected chi connectivity index (χ2v) is 14.7. The zero-order chi connectivity index (χ0) is 33.1. The Morgan fingerprint density at radius 2 is 1.26 bits per heavy atom. The lowest BCUT2D eigenvalue weighted by atomic mass is 9.83. The number of para-hydroxylation sites is 1. The molecule has 0 saturated heterocycles. The topological polar surface area (TPSA) is 59.2 Å². The molecule has 2 aromatic heterocycles. The molecule has 5 aromatic carbocycles. The number of rotatable bonds is 4. The molecule has 7 rings (SSSR count). The molecule has 7 aromatic rings. The van der Waals surface area contributed by atoms with Crippen LogP contribution in [0, 0.1) is 6.92 Å². The van der Waals surface area contributed by atoms with Crippen molar-refractivity contribution in [2.75, 3.05) is 0 Å². The third kappa shape index (κ3) is 5.81. The highest BCUT2D eigenvalue weighted by Gasteiger charge is 2.21. The quantitative estimate of drug-likeness (QED) is 0.214. The van der Waals surface area contributed by atoms with E-state index >= 15 is 0 Å². The number of hydrogen-bond donors (Lipinski definition) is 1. The van der Waals surface area contributed by atoms with Gasteiger partial charge >= 0.3 is 0 Å². The minimum absolute atomic E-state index is 0.0193. The largest absolute Gasteiger partial charge is 0.507 e. The van der Waals surface area contributed by atoms with Gasteiger partial charge in [-0.25, -0.2) is 4.98 Å². The smallest absolute Gasteiger partial charge is 0.231 e. The van der Waals surface area contributed by atoms with Crippen molar-refractivity contribution >= 4 is 22.0 Å².